The quantitative estimate of drug-likeness (QED) is 0.768. The average molecular weight is 330 g/mol. The van der Waals surface area contributed by atoms with E-state index in [0.29, 0.717) is 22.4 Å². The van der Waals surface area contributed by atoms with Crippen molar-refractivity contribution in [1.82, 2.24) is 25.5 Å². The van der Waals surface area contributed by atoms with E-state index in [2.05, 4.69) is 25.5 Å². The van der Waals surface area contributed by atoms with Crippen LogP contribution in [-0.4, -0.2) is 41.3 Å². The Morgan fingerprint density at radius 2 is 2.08 bits per heavy atom. The highest BCUT2D eigenvalue weighted by Gasteiger charge is 2.18. The molecule has 0 bridgehead atoms. The molecular formula is C16H16F2N6. The van der Waals surface area contributed by atoms with E-state index in [-0.39, 0.29) is 11.4 Å². The van der Waals surface area contributed by atoms with E-state index >= 15 is 0 Å². The minimum atomic E-state index is -0.542. The highest BCUT2D eigenvalue weighted by atomic mass is 19.1. The number of pyridine rings is 2. The largest absolute Gasteiger partial charge is 0.393 e. The summed E-state index contributed by atoms with van der Waals surface area (Å²) in [6, 6.07) is 3.82. The van der Waals surface area contributed by atoms with Crippen molar-refractivity contribution >= 4 is 22.4 Å². The van der Waals surface area contributed by atoms with E-state index in [0.717, 1.165) is 0 Å². The first-order chi connectivity index (χ1) is 11.5. The molecule has 0 atom stereocenters. The Labute approximate surface area is 137 Å². The highest BCUT2D eigenvalue weighted by molar-refractivity contribution is 5.89. The van der Waals surface area contributed by atoms with Crippen LogP contribution in [0.15, 0.2) is 30.6 Å². The summed E-state index contributed by atoms with van der Waals surface area (Å²) in [7, 11) is 5.28. The van der Waals surface area contributed by atoms with Gasteiger partial charge >= 0.3 is 0 Å². The maximum Gasteiger partial charge on any atom is 0.159 e. The van der Waals surface area contributed by atoms with Gasteiger partial charge in [-0.1, -0.05) is 0 Å². The number of rotatable bonds is 4. The summed E-state index contributed by atoms with van der Waals surface area (Å²) in [5.41, 5.74) is 1.12. The van der Waals surface area contributed by atoms with Crippen LogP contribution in [0.3, 0.4) is 0 Å². The number of nitrogens with one attached hydrogen (secondary N) is 2. The summed E-state index contributed by atoms with van der Waals surface area (Å²) < 4.78 is 28.2. The fourth-order valence-electron chi connectivity index (χ4n) is 2.40. The zero-order valence-electron chi connectivity index (χ0n) is 13.4. The molecule has 0 saturated heterocycles. The summed E-state index contributed by atoms with van der Waals surface area (Å²) in [5.74, 6) is -0.412. The molecule has 3 aromatic heterocycles. The van der Waals surface area contributed by atoms with Crippen LogP contribution in [0.5, 0.6) is 0 Å². The van der Waals surface area contributed by atoms with Crippen molar-refractivity contribution in [3.63, 3.8) is 0 Å². The summed E-state index contributed by atoms with van der Waals surface area (Å²) in [4.78, 5) is 10.2. The number of hydrogen-bond donors (Lipinski definition) is 2. The second-order valence-electron chi connectivity index (χ2n) is 5.36. The second kappa shape index (κ2) is 6.23. The number of halogens is 2. The standard InChI is InChI=1S/C16H16F2N6/c1-19-8-11(13-6-9(17)4-5-20-13)14-12(18)7-10-15(21-14)22-23-16(10)24(2)3/h4-8,19H,1-3H3,(H,21,22,23). The molecule has 0 unspecified atom stereocenters. The van der Waals surface area contributed by atoms with Crippen LogP contribution in [0.25, 0.3) is 16.6 Å². The maximum absolute atomic E-state index is 14.7. The molecule has 0 fully saturated rings. The van der Waals surface area contributed by atoms with Crippen molar-refractivity contribution in [1.29, 1.82) is 0 Å². The zero-order valence-corrected chi connectivity index (χ0v) is 13.4. The van der Waals surface area contributed by atoms with Gasteiger partial charge in [-0.2, -0.15) is 5.10 Å². The fraction of sp³-hybridized carbons (Fsp3) is 0.188. The van der Waals surface area contributed by atoms with Gasteiger partial charge in [-0.3, -0.25) is 10.1 Å². The van der Waals surface area contributed by atoms with Gasteiger partial charge < -0.3 is 10.2 Å². The first kappa shape index (κ1) is 15.9. The van der Waals surface area contributed by atoms with E-state index in [1.165, 1.54) is 30.6 Å². The van der Waals surface area contributed by atoms with Crippen molar-refractivity contribution in [3.05, 3.63) is 53.6 Å². The summed E-state index contributed by atoms with van der Waals surface area (Å²) in [6.07, 6.45) is 2.85. The third-order valence-corrected chi connectivity index (χ3v) is 3.45. The molecular weight excluding hydrogens is 314 g/mol. The number of H-pyrrole nitrogens is 1. The smallest absolute Gasteiger partial charge is 0.159 e. The van der Waals surface area contributed by atoms with Crippen LogP contribution in [0.2, 0.25) is 0 Å². The average Bonchev–Trinajstić information content (AvgIpc) is 2.95. The predicted octanol–water partition coefficient (Wildman–Crippen LogP) is 2.31. The number of aromatic amines is 1. The number of aromatic nitrogens is 4. The monoisotopic (exact) mass is 330 g/mol. The zero-order chi connectivity index (χ0) is 17.3. The molecule has 6 nitrogen and oxygen atoms in total. The molecule has 0 radical (unpaired) electrons. The molecule has 0 spiro atoms. The summed E-state index contributed by atoms with van der Waals surface area (Å²) in [6.45, 7) is 0. The number of fused-ring (bicyclic) bond motifs is 1. The molecule has 2 N–H and O–H groups in total. The van der Waals surface area contributed by atoms with Gasteiger partial charge in [0.15, 0.2) is 17.3 Å². The molecule has 0 saturated carbocycles. The topological polar surface area (TPSA) is 69.7 Å². The van der Waals surface area contributed by atoms with E-state index in [1.807, 2.05) is 14.1 Å². The van der Waals surface area contributed by atoms with Gasteiger partial charge in [0, 0.05) is 45.2 Å². The Morgan fingerprint density at radius 3 is 2.75 bits per heavy atom. The molecule has 0 aliphatic heterocycles. The molecule has 24 heavy (non-hydrogen) atoms. The Morgan fingerprint density at radius 1 is 1.29 bits per heavy atom. The van der Waals surface area contributed by atoms with E-state index < -0.39 is 11.6 Å². The normalized spacial score (nSPS) is 11.8. The predicted molar refractivity (Wildman–Crippen MR) is 88.5 cm³/mol. The number of hydrogen-bond acceptors (Lipinski definition) is 5. The third kappa shape index (κ3) is 2.78. The molecule has 3 heterocycles. The van der Waals surface area contributed by atoms with E-state index in [9.17, 15) is 8.78 Å². The fourth-order valence-corrected chi connectivity index (χ4v) is 2.40. The Hall–Kier alpha value is -3.03. The Bertz CT molecular complexity index is 916. The number of anilines is 1. The van der Waals surface area contributed by atoms with Crippen molar-refractivity contribution < 1.29 is 8.78 Å². The molecule has 3 aromatic rings. The van der Waals surface area contributed by atoms with Gasteiger partial charge in [-0.05, 0) is 12.1 Å². The highest BCUT2D eigenvalue weighted by Crippen LogP contribution is 2.28. The molecule has 3 rings (SSSR count). The second-order valence-corrected chi connectivity index (χ2v) is 5.36. The number of nitrogens with zero attached hydrogens (tertiary/aromatic N) is 4. The summed E-state index contributed by atoms with van der Waals surface area (Å²) in [5, 5.41) is 10.3. The van der Waals surface area contributed by atoms with Crippen molar-refractivity contribution in [2.24, 2.45) is 0 Å². The lowest BCUT2D eigenvalue weighted by Crippen LogP contribution is -2.09. The van der Waals surface area contributed by atoms with Crippen LogP contribution in [0, 0.1) is 11.6 Å². The Kier molecular flexibility index (Phi) is 4.11. The lowest BCUT2D eigenvalue weighted by atomic mass is 10.1. The molecule has 0 aromatic carbocycles. The first-order valence-corrected chi connectivity index (χ1v) is 7.23. The maximum atomic E-state index is 14.7. The Balaban J connectivity index is 2.19. The van der Waals surface area contributed by atoms with Crippen molar-refractivity contribution in [3.8, 4) is 0 Å². The van der Waals surface area contributed by atoms with Crippen LogP contribution in [0.4, 0.5) is 14.6 Å². The molecule has 0 amide bonds. The van der Waals surface area contributed by atoms with E-state index in [4.69, 9.17) is 0 Å². The minimum absolute atomic E-state index is 0.0592. The minimum Gasteiger partial charge on any atom is -0.393 e. The first-order valence-electron chi connectivity index (χ1n) is 7.23. The van der Waals surface area contributed by atoms with Crippen molar-refractivity contribution in [2.45, 2.75) is 0 Å². The van der Waals surface area contributed by atoms with Crippen LogP contribution in [0.1, 0.15) is 11.4 Å². The third-order valence-electron chi connectivity index (χ3n) is 3.45. The lowest BCUT2D eigenvalue weighted by molar-refractivity contribution is 0.617. The van der Waals surface area contributed by atoms with Crippen LogP contribution >= 0.6 is 0 Å². The van der Waals surface area contributed by atoms with Gasteiger partial charge in [0.2, 0.25) is 0 Å². The van der Waals surface area contributed by atoms with Gasteiger partial charge in [0.05, 0.1) is 11.1 Å². The molecule has 0 aliphatic carbocycles. The summed E-state index contributed by atoms with van der Waals surface area (Å²) >= 11 is 0. The molecule has 8 heteroatoms. The lowest BCUT2D eigenvalue weighted by Gasteiger charge is -2.10. The molecule has 0 aliphatic rings. The SMILES string of the molecule is CNC=C(c1cc(F)ccn1)c1nc2[nH]nc(N(C)C)c2cc1F. The molecule has 124 valence electrons. The van der Waals surface area contributed by atoms with Crippen LogP contribution < -0.4 is 10.2 Å². The van der Waals surface area contributed by atoms with Gasteiger partial charge in [-0.15, -0.1) is 0 Å². The van der Waals surface area contributed by atoms with Gasteiger partial charge in [-0.25, -0.2) is 13.8 Å². The van der Waals surface area contributed by atoms with E-state index in [1.54, 1.807) is 11.9 Å². The van der Waals surface area contributed by atoms with Gasteiger partial charge in [0.25, 0.3) is 0 Å². The van der Waals surface area contributed by atoms with Gasteiger partial charge in [0.1, 0.15) is 11.5 Å². The van der Waals surface area contributed by atoms with Crippen LogP contribution in [-0.2, 0) is 0 Å². The van der Waals surface area contributed by atoms with Crippen molar-refractivity contribution in [2.75, 3.05) is 26.0 Å².